The predicted octanol–water partition coefficient (Wildman–Crippen LogP) is -0.482. The molecule has 0 unspecified atom stereocenters. The lowest BCUT2D eigenvalue weighted by atomic mass is 10.3. The highest BCUT2D eigenvalue weighted by Gasteiger charge is 2.00. The lowest BCUT2D eigenvalue weighted by Gasteiger charge is -2.03. The van der Waals surface area contributed by atoms with Crippen LogP contribution in [0.5, 0.6) is 0 Å². The Labute approximate surface area is 76.6 Å². The van der Waals surface area contributed by atoms with E-state index in [2.05, 4.69) is 4.74 Å². The van der Waals surface area contributed by atoms with Crippen molar-refractivity contribution in [3.8, 4) is 0 Å². The third-order valence-electron chi connectivity index (χ3n) is 1.19. The van der Waals surface area contributed by atoms with E-state index in [4.69, 9.17) is 9.84 Å². The van der Waals surface area contributed by atoms with Crippen molar-refractivity contribution in [2.75, 3.05) is 26.4 Å². The van der Waals surface area contributed by atoms with Crippen molar-refractivity contribution in [3.63, 3.8) is 0 Å². The summed E-state index contributed by atoms with van der Waals surface area (Å²) in [5.41, 5.74) is 0. The minimum Gasteiger partial charge on any atom is -0.463 e. The molecule has 0 atom stereocenters. The second kappa shape index (κ2) is 9.15. The summed E-state index contributed by atoms with van der Waals surface area (Å²) in [5, 5.41) is 8.32. The SMILES string of the molecule is O=CCCC(=O)OCCOCCO. The molecule has 0 aromatic carbocycles. The fourth-order valence-electron chi connectivity index (χ4n) is 0.630. The van der Waals surface area contributed by atoms with Gasteiger partial charge in [-0.25, -0.2) is 0 Å². The van der Waals surface area contributed by atoms with Crippen LogP contribution in [-0.4, -0.2) is 43.8 Å². The maximum absolute atomic E-state index is 10.7. The normalized spacial score (nSPS) is 9.62. The highest BCUT2D eigenvalue weighted by Crippen LogP contribution is 1.89. The number of ether oxygens (including phenoxy) is 2. The summed E-state index contributed by atoms with van der Waals surface area (Å²) in [6.45, 7) is 0.635. The topological polar surface area (TPSA) is 72.8 Å². The van der Waals surface area contributed by atoms with Crippen LogP contribution in [0, 0.1) is 0 Å². The Bertz CT molecular complexity index is 145. The third-order valence-corrected chi connectivity index (χ3v) is 1.19. The van der Waals surface area contributed by atoms with Crippen LogP contribution in [0.15, 0.2) is 0 Å². The molecule has 5 heteroatoms. The van der Waals surface area contributed by atoms with Crippen molar-refractivity contribution in [2.45, 2.75) is 12.8 Å². The molecule has 0 aliphatic heterocycles. The second-order valence-electron chi connectivity index (χ2n) is 2.26. The molecule has 0 spiro atoms. The summed E-state index contributed by atoms with van der Waals surface area (Å²) in [7, 11) is 0. The van der Waals surface area contributed by atoms with Gasteiger partial charge in [0.2, 0.25) is 0 Å². The van der Waals surface area contributed by atoms with Crippen LogP contribution in [0.4, 0.5) is 0 Å². The predicted molar refractivity (Wildman–Crippen MR) is 44.2 cm³/mol. The number of carbonyl (C=O) groups excluding carboxylic acids is 2. The van der Waals surface area contributed by atoms with E-state index in [1.807, 2.05) is 0 Å². The molecule has 0 bridgehead atoms. The first-order chi connectivity index (χ1) is 6.31. The van der Waals surface area contributed by atoms with Gasteiger partial charge in [0.25, 0.3) is 0 Å². The van der Waals surface area contributed by atoms with Crippen LogP contribution >= 0.6 is 0 Å². The van der Waals surface area contributed by atoms with Gasteiger partial charge in [-0.05, 0) is 0 Å². The molecule has 0 heterocycles. The smallest absolute Gasteiger partial charge is 0.306 e. The Morgan fingerprint density at radius 3 is 2.69 bits per heavy atom. The van der Waals surface area contributed by atoms with Crippen LogP contribution < -0.4 is 0 Å². The molecule has 0 amide bonds. The van der Waals surface area contributed by atoms with Gasteiger partial charge in [-0.1, -0.05) is 0 Å². The standard InChI is InChI=1S/C8H14O5/c9-3-1-2-8(11)13-7-6-12-5-4-10/h3,10H,1-2,4-7H2. The van der Waals surface area contributed by atoms with Crippen LogP contribution in [0.3, 0.4) is 0 Å². The number of aliphatic hydroxyl groups excluding tert-OH is 1. The zero-order valence-corrected chi connectivity index (χ0v) is 7.40. The summed E-state index contributed by atoms with van der Waals surface area (Å²) >= 11 is 0. The average molecular weight is 190 g/mol. The van der Waals surface area contributed by atoms with Gasteiger partial charge in [-0.3, -0.25) is 4.79 Å². The summed E-state index contributed by atoms with van der Waals surface area (Å²) in [6, 6.07) is 0. The molecule has 0 aliphatic carbocycles. The molecule has 0 rings (SSSR count). The van der Waals surface area contributed by atoms with Crippen molar-refractivity contribution < 1.29 is 24.2 Å². The van der Waals surface area contributed by atoms with Gasteiger partial charge in [0.1, 0.15) is 12.9 Å². The number of esters is 1. The van der Waals surface area contributed by atoms with Gasteiger partial charge < -0.3 is 19.4 Å². The number of aliphatic hydroxyl groups is 1. The van der Waals surface area contributed by atoms with Crippen molar-refractivity contribution in [3.05, 3.63) is 0 Å². The van der Waals surface area contributed by atoms with Gasteiger partial charge in [0, 0.05) is 6.42 Å². The van der Waals surface area contributed by atoms with Gasteiger partial charge in [-0.2, -0.15) is 0 Å². The number of rotatable bonds is 8. The quantitative estimate of drug-likeness (QED) is 0.318. The molecular formula is C8H14O5. The molecule has 76 valence electrons. The maximum atomic E-state index is 10.7. The molecule has 0 aromatic heterocycles. The highest BCUT2D eigenvalue weighted by atomic mass is 16.6. The van der Waals surface area contributed by atoms with Gasteiger partial charge in [0.15, 0.2) is 0 Å². The Balaban J connectivity index is 3.12. The summed E-state index contributed by atoms with van der Waals surface area (Å²) < 4.78 is 9.53. The Morgan fingerprint density at radius 2 is 2.08 bits per heavy atom. The van der Waals surface area contributed by atoms with Crippen LogP contribution in [0.25, 0.3) is 0 Å². The lowest BCUT2D eigenvalue weighted by molar-refractivity contribution is -0.145. The van der Waals surface area contributed by atoms with Crippen molar-refractivity contribution in [2.24, 2.45) is 0 Å². The summed E-state index contributed by atoms with van der Waals surface area (Å²) in [5.74, 6) is -0.403. The third kappa shape index (κ3) is 8.97. The first kappa shape index (κ1) is 12.1. The Hall–Kier alpha value is -0.940. The van der Waals surface area contributed by atoms with Gasteiger partial charge in [0.05, 0.1) is 26.2 Å². The van der Waals surface area contributed by atoms with Crippen molar-refractivity contribution in [1.82, 2.24) is 0 Å². The molecular weight excluding hydrogens is 176 g/mol. The minimum atomic E-state index is -0.403. The molecule has 0 fully saturated rings. The van der Waals surface area contributed by atoms with Crippen LogP contribution in [0.2, 0.25) is 0 Å². The van der Waals surface area contributed by atoms with Crippen molar-refractivity contribution >= 4 is 12.3 Å². The monoisotopic (exact) mass is 190 g/mol. The van der Waals surface area contributed by atoms with Gasteiger partial charge in [-0.15, -0.1) is 0 Å². The van der Waals surface area contributed by atoms with Gasteiger partial charge >= 0.3 is 5.97 Å². The molecule has 5 nitrogen and oxygen atoms in total. The number of hydrogen-bond donors (Lipinski definition) is 1. The molecule has 0 saturated carbocycles. The fraction of sp³-hybridized carbons (Fsp3) is 0.750. The highest BCUT2D eigenvalue weighted by molar-refractivity contribution is 5.72. The average Bonchev–Trinajstić information content (AvgIpc) is 2.14. The lowest BCUT2D eigenvalue weighted by Crippen LogP contribution is -2.11. The van der Waals surface area contributed by atoms with E-state index in [9.17, 15) is 9.59 Å². The van der Waals surface area contributed by atoms with Crippen molar-refractivity contribution in [1.29, 1.82) is 0 Å². The first-order valence-corrected chi connectivity index (χ1v) is 4.09. The van der Waals surface area contributed by atoms with E-state index < -0.39 is 5.97 Å². The Morgan fingerprint density at radius 1 is 1.31 bits per heavy atom. The molecule has 13 heavy (non-hydrogen) atoms. The van der Waals surface area contributed by atoms with Crippen LogP contribution in [-0.2, 0) is 19.1 Å². The van der Waals surface area contributed by atoms with E-state index in [0.29, 0.717) is 6.29 Å². The molecule has 0 aliphatic rings. The molecule has 1 N–H and O–H groups in total. The largest absolute Gasteiger partial charge is 0.463 e. The van der Waals surface area contributed by atoms with Crippen LogP contribution in [0.1, 0.15) is 12.8 Å². The Kier molecular flexibility index (Phi) is 8.49. The molecule has 0 saturated heterocycles. The fourth-order valence-corrected chi connectivity index (χ4v) is 0.630. The molecule has 0 radical (unpaired) electrons. The van der Waals surface area contributed by atoms with E-state index in [0.717, 1.165) is 0 Å². The van der Waals surface area contributed by atoms with E-state index in [-0.39, 0.29) is 39.3 Å². The molecule has 0 aromatic rings. The second-order valence-corrected chi connectivity index (χ2v) is 2.26. The van der Waals surface area contributed by atoms with E-state index in [1.165, 1.54) is 0 Å². The number of aldehydes is 1. The van der Waals surface area contributed by atoms with E-state index >= 15 is 0 Å². The summed E-state index contributed by atoms with van der Waals surface area (Å²) in [4.78, 5) is 20.6. The number of carbonyl (C=O) groups is 2. The zero-order chi connectivity index (χ0) is 9.94. The van der Waals surface area contributed by atoms with E-state index in [1.54, 1.807) is 0 Å². The zero-order valence-electron chi connectivity index (χ0n) is 7.40. The maximum Gasteiger partial charge on any atom is 0.306 e. The first-order valence-electron chi connectivity index (χ1n) is 4.09. The summed E-state index contributed by atoms with van der Waals surface area (Å²) in [6.07, 6.45) is 0.976. The minimum absolute atomic E-state index is 0.0426. The number of hydrogen-bond acceptors (Lipinski definition) is 5.